The quantitative estimate of drug-likeness (QED) is 0.696. The van der Waals surface area contributed by atoms with Gasteiger partial charge in [0.2, 0.25) is 0 Å². The number of hydrogen-bond acceptors (Lipinski definition) is 1. The van der Waals surface area contributed by atoms with Crippen LogP contribution in [0.4, 0.5) is 5.69 Å². The van der Waals surface area contributed by atoms with E-state index in [0.717, 1.165) is 12.8 Å². The number of hydrogen-bond donors (Lipinski definition) is 1. The monoisotopic (exact) mass is 299 g/mol. The van der Waals surface area contributed by atoms with Crippen LogP contribution in [0.3, 0.4) is 0 Å². The third-order valence-electron chi connectivity index (χ3n) is 4.78. The first kappa shape index (κ1) is 14.1. The highest BCUT2D eigenvalue weighted by atomic mass is 14.9. The van der Waals surface area contributed by atoms with E-state index in [0.29, 0.717) is 12.0 Å². The first-order valence-corrected chi connectivity index (χ1v) is 8.33. The number of rotatable bonds is 3. The van der Waals surface area contributed by atoms with Crippen LogP contribution in [0.15, 0.2) is 84.9 Å². The molecule has 0 aliphatic carbocycles. The predicted octanol–water partition coefficient (Wildman–Crippen LogP) is 5.25. The van der Waals surface area contributed by atoms with E-state index in [1.54, 1.807) is 0 Å². The zero-order valence-electron chi connectivity index (χ0n) is 13.2. The zero-order chi connectivity index (χ0) is 15.5. The van der Waals surface area contributed by atoms with E-state index < -0.39 is 0 Å². The molecule has 1 heterocycles. The van der Waals surface area contributed by atoms with E-state index in [9.17, 15) is 0 Å². The van der Waals surface area contributed by atoms with Gasteiger partial charge in [-0.25, -0.2) is 0 Å². The molecular formula is C22H21N. The fraction of sp³-hybridized carbons (Fsp3) is 0.182. The van der Waals surface area contributed by atoms with Gasteiger partial charge in [-0.15, -0.1) is 0 Å². The van der Waals surface area contributed by atoms with Crippen LogP contribution in [0.5, 0.6) is 0 Å². The average molecular weight is 299 g/mol. The molecule has 0 bridgehead atoms. The Kier molecular flexibility index (Phi) is 3.85. The number of anilines is 1. The Morgan fingerprint density at radius 1 is 0.739 bits per heavy atom. The molecule has 0 saturated carbocycles. The molecule has 1 nitrogen and oxygen atoms in total. The van der Waals surface area contributed by atoms with Crippen LogP contribution in [0, 0.1) is 5.92 Å². The molecule has 1 aliphatic heterocycles. The van der Waals surface area contributed by atoms with Gasteiger partial charge < -0.3 is 5.32 Å². The van der Waals surface area contributed by atoms with Crippen molar-refractivity contribution in [2.24, 2.45) is 5.92 Å². The molecule has 0 radical (unpaired) electrons. The maximum absolute atomic E-state index is 3.78. The average Bonchev–Trinajstić information content (AvgIpc) is 2.63. The summed E-state index contributed by atoms with van der Waals surface area (Å²) < 4.78 is 0. The Morgan fingerprint density at radius 3 is 2.17 bits per heavy atom. The van der Waals surface area contributed by atoms with E-state index >= 15 is 0 Å². The number of para-hydroxylation sites is 1. The van der Waals surface area contributed by atoms with Gasteiger partial charge in [0, 0.05) is 5.69 Å². The van der Waals surface area contributed by atoms with Gasteiger partial charge in [0.25, 0.3) is 0 Å². The largest absolute Gasteiger partial charge is 0.378 e. The number of fused-ring (bicyclic) bond motifs is 1. The molecule has 0 fully saturated rings. The van der Waals surface area contributed by atoms with Gasteiger partial charge in [0.05, 0.1) is 6.04 Å². The molecule has 3 aromatic carbocycles. The minimum atomic E-state index is 0.367. The van der Waals surface area contributed by atoms with E-state index in [-0.39, 0.29) is 0 Å². The second-order valence-corrected chi connectivity index (χ2v) is 6.34. The van der Waals surface area contributed by atoms with Gasteiger partial charge in [-0.2, -0.15) is 0 Å². The number of benzene rings is 3. The maximum Gasteiger partial charge on any atom is 0.0548 e. The third kappa shape index (κ3) is 3.00. The van der Waals surface area contributed by atoms with Gasteiger partial charge in [0.1, 0.15) is 0 Å². The first-order valence-electron chi connectivity index (χ1n) is 8.33. The molecule has 0 unspecified atom stereocenters. The molecule has 0 saturated heterocycles. The van der Waals surface area contributed by atoms with Gasteiger partial charge in [-0.3, -0.25) is 0 Å². The van der Waals surface area contributed by atoms with E-state index in [1.165, 1.54) is 22.4 Å². The summed E-state index contributed by atoms with van der Waals surface area (Å²) in [5.41, 5.74) is 5.51. The summed E-state index contributed by atoms with van der Waals surface area (Å²) >= 11 is 0. The molecule has 23 heavy (non-hydrogen) atoms. The molecule has 3 aromatic rings. The van der Waals surface area contributed by atoms with Crippen LogP contribution in [-0.2, 0) is 12.8 Å². The SMILES string of the molecule is c1ccc(C[C@H]2Cc3ccccc3N[C@@H]2c2ccccc2)cc1. The van der Waals surface area contributed by atoms with Gasteiger partial charge >= 0.3 is 0 Å². The molecule has 0 amide bonds. The summed E-state index contributed by atoms with van der Waals surface area (Å²) in [6, 6.07) is 30.8. The van der Waals surface area contributed by atoms with Crippen molar-refractivity contribution < 1.29 is 0 Å². The van der Waals surface area contributed by atoms with Crippen LogP contribution in [0.25, 0.3) is 0 Å². The van der Waals surface area contributed by atoms with Crippen molar-refractivity contribution in [3.8, 4) is 0 Å². The first-order chi connectivity index (χ1) is 11.4. The summed E-state index contributed by atoms with van der Waals surface area (Å²) in [7, 11) is 0. The molecule has 4 rings (SSSR count). The van der Waals surface area contributed by atoms with Crippen molar-refractivity contribution in [3.63, 3.8) is 0 Å². The van der Waals surface area contributed by atoms with Crippen molar-refractivity contribution in [3.05, 3.63) is 102 Å². The van der Waals surface area contributed by atoms with Crippen LogP contribution < -0.4 is 5.32 Å². The van der Waals surface area contributed by atoms with Crippen LogP contribution in [-0.4, -0.2) is 0 Å². The highest BCUT2D eigenvalue weighted by Crippen LogP contribution is 2.38. The highest BCUT2D eigenvalue weighted by molar-refractivity contribution is 5.55. The van der Waals surface area contributed by atoms with Crippen molar-refractivity contribution in [2.75, 3.05) is 5.32 Å². The Hall–Kier alpha value is -2.54. The molecule has 1 aliphatic rings. The fourth-order valence-corrected chi connectivity index (χ4v) is 3.65. The Morgan fingerprint density at radius 2 is 1.39 bits per heavy atom. The molecule has 2 atom stereocenters. The second kappa shape index (κ2) is 6.29. The second-order valence-electron chi connectivity index (χ2n) is 6.34. The molecule has 0 spiro atoms. The Labute approximate surface area is 138 Å². The lowest BCUT2D eigenvalue weighted by atomic mass is 9.80. The van der Waals surface area contributed by atoms with Crippen LogP contribution >= 0.6 is 0 Å². The lowest BCUT2D eigenvalue weighted by molar-refractivity contribution is 0.435. The summed E-state index contributed by atoms with van der Waals surface area (Å²) in [5, 5.41) is 3.78. The number of nitrogens with one attached hydrogen (secondary N) is 1. The molecule has 1 N–H and O–H groups in total. The van der Waals surface area contributed by atoms with Crippen molar-refractivity contribution in [1.29, 1.82) is 0 Å². The smallest absolute Gasteiger partial charge is 0.0548 e. The molecule has 114 valence electrons. The molecule has 1 heteroatoms. The topological polar surface area (TPSA) is 12.0 Å². The van der Waals surface area contributed by atoms with E-state index in [1.807, 2.05) is 0 Å². The van der Waals surface area contributed by atoms with E-state index in [4.69, 9.17) is 0 Å². The molecular weight excluding hydrogens is 278 g/mol. The van der Waals surface area contributed by atoms with Crippen molar-refractivity contribution in [1.82, 2.24) is 0 Å². The summed E-state index contributed by atoms with van der Waals surface area (Å²) in [6.07, 6.45) is 2.22. The summed E-state index contributed by atoms with van der Waals surface area (Å²) in [6.45, 7) is 0. The van der Waals surface area contributed by atoms with Crippen LogP contribution in [0.1, 0.15) is 22.7 Å². The van der Waals surface area contributed by atoms with Crippen molar-refractivity contribution >= 4 is 5.69 Å². The van der Waals surface area contributed by atoms with Crippen LogP contribution in [0.2, 0.25) is 0 Å². The fourth-order valence-electron chi connectivity index (χ4n) is 3.65. The standard InChI is InChI=1S/C22H21N/c1-3-9-17(10-4-1)15-20-16-19-13-7-8-14-21(19)23-22(20)18-11-5-2-6-12-18/h1-14,20,22-23H,15-16H2/t20-,22+/m0/s1. The molecule has 0 aromatic heterocycles. The third-order valence-corrected chi connectivity index (χ3v) is 4.78. The Balaban J connectivity index is 1.68. The minimum Gasteiger partial charge on any atom is -0.378 e. The van der Waals surface area contributed by atoms with Gasteiger partial charge in [0.15, 0.2) is 0 Å². The van der Waals surface area contributed by atoms with Crippen molar-refractivity contribution in [2.45, 2.75) is 18.9 Å². The summed E-state index contributed by atoms with van der Waals surface area (Å²) in [5.74, 6) is 0.565. The zero-order valence-corrected chi connectivity index (χ0v) is 13.2. The maximum atomic E-state index is 3.78. The highest BCUT2D eigenvalue weighted by Gasteiger charge is 2.29. The minimum absolute atomic E-state index is 0.367. The lowest BCUT2D eigenvalue weighted by Crippen LogP contribution is -2.29. The lowest BCUT2D eigenvalue weighted by Gasteiger charge is -2.35. The normalized spacial score (nSPS) is 19.7. The predicted molar refractivity (Wildman–Crippen MR) is 96.6 cm³/mol. The Bertz CT molecular complexity index is 764. The van der Waals surface area contributed by atoms with E-state index in [2.05, 4.69) is 90.2 Å². The van der Waals surface area contributed by atoms with Gasteiger partial charge in [-0.05, 0) is 41.5 Å². The summed E-state index contributed by atoms with van der Waals surface area (Å²) in [4.78, 5) is 0. The van der Waals surface area contributed by atoms with Gasteiger partial charge in [-0.1, -0.05) is 78.9 Å².